The summed E-state index contributed by atoms with van der Waals surface area (Å²) in [6.07, 6.45) is 3.44. The maximum atomic E-state index is 6.26. The highest BCUT2D eigenvalue weighted by molar-refractivity contribution is 5.49. The van der Waals surface area contributed by atoms with Gasteiger partial charge in [-0.05, 0) is 37.3 Å². The lowest BCUT2D eigenvalue weighted by atomic mass is 9.87. The molecule has 2 aliphatic rings. The van der Waals surface area contributed by atoms with E-state index in [1.165, 1.54) is 19.6 Å². The normalized spacial score (nSPS) is 24.3. The van der Waals surface area contributed by atoms with Gasteiger partial charge in [-0.3, -0.25) is 0 Å². The van der Waals surface area contributed by atoms with E-state index >= 15 is 0 Å². The van der Waals surface area contributed by atoms with Crippen molar-refractivity contribution in [2.24, 2.45) is 5.92 Å². The smallest absolute Gasteiger partial charge is 0.120 e. The van der Waals surface area contributed by atoms with Crippen LogP contribution in [0.15, 0.2) is 24.3 Å². The van der Waals surface area contributed by atoms with Crippen LogP contribution in [-0.2, 0) is 4.74 Å². The highest BCUT2D eigenvalue weighted by atomic mass is 16.5. The molecule has 3 rings (SSSR count). The van der Waals surface area contributed by atoms with Crippen molar-refractivity contribution in [3.05, 3.63) is 24.3 Å². The Labute approximate surface area is 140 Å². The first kappa shape index (κ1) is 16.6. The first-order valence-corrected chi connectivity index (χ1v) is 8.85. The van der Waals surface area contributed by atoms with E-state index in [1.54, 1.807) is 7.11 Å². The summed E-state index contributed by atoms with van der Waals surface area (Å²) >= 11 is 0. The lowest BCUT2D eigenvalue weighted by Crippen LogP contribution is -2.45. The Morgan fingerprint density at radius 3 is 2.83 bits per heavy atom. The van der Waals surface area contributed by atoms with Gasteiger partial charge in [-0.25, -0.2) is 0 Å². The summed E-state index contributed by atoms with van der Waals surface area (Å²) in [6, 6.07) is 8.55. The minimum absolute atomic E-state index is 0.101. The molecule has 0 radical (unpaired) electrons. The maximum absolute atomic E-state index is 6.26. The number of anilines is 1. The van der Waals surface area contributed by atoms with E-state index in [4.69, 9.17) is 9.47 Å². The highest BCUT2D eigenvalue weighted by Crippen LogP contribution is 2.37. The zero-order valence-electron chi connectivity index (χ0n) is 14.7. The number of ether oxygens (including phenoxy) is 2. The number of likely N-dealkylation sites (tertiary alicyclic amines) is 1. The fraction of sp³-hybridized carbons (Fsp3) is 0.684. The topological polar surface area (TPSA) is 33.7 Å². The second-order valence-corrected chi connectivity index (χ2v) is 7.47. The molecule has 128 valence electrons. The molecule has 0 bridgehead atoms. The molecular formula is C19H30N2O2. The molecule has 4 heteroatoms. The van der Waals surface area contributed by atoms with Gasteiger partial charge in [0.1, 0.15) is 5.75 Å². The number of nitrogens with one attached hydrogen (secondary N) is 1. The monoisotopic (exact) mass is 318 g/mol. The Morgan fingerprint density at radius 1 is 1.35 bits per heavy atom. The van der Waals surface area contributed by atoms with Gasteiger partial charge >= 0.3 is 0 Å². The SMILES string of the molecule is COc1cccc(NC2COC3(CCN(CC(C)C)CC3)C2)c1. The lowest BCUT2D eigenvalue weighted by Gasteiger charge is -2.39. The molecule has 1 N–H and O–H groups in total. The second-order valence-electron chi connectivity index (χ2n) is 7.47. The van der Waals surface area contributed by atoms with Crippen molar-refractivity contribution in [1.82, 2.24) is 4.90 Å². The van der Waals surface area contributed by atoms with Gasteiger partial charge in [-0.2, -0.15) is 0 Å². The van der Waals surface area contributed by atoms with Crippen LogP contribution in [0.25, 0.3) is 0 Å². The summed E-state index contributed by atoms with van der Waals surface area (Å²) in [4.78, 5) is 2.59. The van der Waals surface area contributed by atoms with Gasteiger partial charge in [0.05, 0.1) is 25.4 Å². The highest BCUT2D eigenvalue weighted by Gasteiger charge is 2.42. The standard InChI is InChI=1S/C19H30N2O2/c1-15(2)13-21-9-7-19(8-10-21)12-17(14-23-19)20-16-5-4-6-18(11-16)22-3/h4-6,11,15,17,20H,7-10,12-14H2,1-3H3. The Morgan fingerprint density at radius 2 is 2.13 bits per heavy atom. The second kappa shape index (κ2) is 7.10. The molecule has 2 saturated heterocycles. The Hall–Kier alpha value is -1.26. The predicted octanol–water partition coefficient (Wildman–Crippen LogP) is 3.39. The van der Waals surface area contributed by atoms with E-state index in [1.807, 2.05) is 12.1 Å². The zero-order valence-corrected chi connectivity index (χ0v) is 14.7. The van der Waals surface area contributed by atoms with Crippen LogP contribution < -0.4 is 10.1 Å². The van der Waals surface area contributed by atoms with Crippen molar-refractivity contribution in [1.29, 1.82) is 0 Å². The predicted molar refractivity (Wildman–Crippen MR) is 94.2 cm³/mol. The molecule has 0 aliphatic carbocycles. The van der Waals surface area contributed by atoms with Crippen molar-refractivity contribution in [3.63, 3.8) is 0 Å². The summed E-state index contributed by atoms with van der Waals surface area (Å²) < 4.78 is 11.6. The Kier molecular flexibility index (Phi) is 5.12. The molecule has 1 spiro atoms. The number of benzene rings is 1. The van der Waals surface area contributed by atoms with Gasteiger partial charge in [-0.15, -0.1) is 0 Å². The zero-order chi connectivity index (χ0) is 16.3. The quantitative estimate of drug-likeness (QED) is 0.902. The van der Waals surface area contributed by atoms with E-state index < -0.39 is 0 Å². The van der Waals surface area contributed by atoms with Gasteiger partial charge < -0.3 is 19.7 Å². The minimum atomic E-state index is 0.101. The molecule has 2 aliphatic heterocycles. The summed E-state index contributed by atoms with van der Waals surface area (Å²) in [5, 5.41) is 3.61. The fourth-order valence-electron chi connectivity index (χ4n) is 3.89. The van der Waals surface area contributed by atoms with Crippen molar-refractivity contribution in [2.45, 2.75) is 44.8 Å². The molecule has 1 unspecified atom stereocenters. The molecule has 1 atom stereocenters. The van der Waals surface area contributed by atoms with E-state index in [0.29, 0.717) is 6.04 Å². The number of hydrogen-bond donors (Lipinski definition) is 1. The largest absolute Gasteiger partial charge is 0.497 e. The number of piperidine rings is 1. The summed E-state index contributed by atoms with van der Waals surface area (Å²) in [6.45, 7) is 8.95. The molecule has 0 saturated carbocycles. The number of methoxy groups -OCH3 is 1. The van der Waals surface area contributed by atoms with Crippen LogP contribution in [0.5, 0.6) is 5.75 Å². The molecule has 0 aromatic heterocycles. The van der Waals surface area contributed by atoms with E-state index in [9.17, 15) is 0 Å². The van der Waals surface area contributed by atoms with Crippen LogP contribution >= 0.6 is 0 Å². The van der Waals surface area contributed by atoms with Gasteiger partial charge in [0.15, 0.2) is 0 Å². The van der Waals surface area contributed by atoms with Crippen molar-refractivity contribution >= 4 is 5.69 Å². The average Bonchev–Trinajstić information content (AvgIpc) is 2.92. The fourth-order valence-corrected chi connectivity index (χ4v) is 3.89. The molecule has 0 amide bonds. The van der Waals surface area contributed by atoms with E-state index in [-0.39, 0.29) is 5.60 Å². The number of hydrogen-bond acceptors (Lipinski definition) is 4. The van der Waals surface area contributed by atoms with Crippen molar-refractivity contribution < 1.29 is 9.47 Å². The van der Waals surface area contributed by atoms with Crippen LogP contribution in [0.1, 0.15) is 33.1 Å². The number of nitrogens with zero attached hydrogens (tertiary/aromatic N) is 1. The van der Waals surface area contributed by atoms with Crippen molar-refractivity contribution in [3.8, 4) is 5.75 Å². The molecule has 1 aromatic rings. The first-order valence-electron chi connectivity index (χ1n) is 8.85. The first-order chi connectivity index (χ1) is 11.1. The minimum Gasteiger partial charge on any atom is -0.497 e. The van der Waals surface area contributed by atoms with Gasteiger partial charge in [0.25, 0.3) is 0 Å². The van der Waals surface area contributed by atoms with Crippen LogP contribution in [0, 0.1) is 5.92 Å². The van der Waals surface area contributed by atoms with Crippen molar-refractivity contribution in [2.75, 3.05) is 38.7 Å². The van der Waals surface area contributed by atoms with Crippen LogP contribution in [0.3, 0.4) is 0 Å². The molecule has 1 aromatic carbocycles. The average molecular weight is 318 g/mol. The third-order valence-electron chi connectivity index (χ3n) is 5.04. The van der Waals surface area contributed by atoms with Crippen LogP contribution in [0.2, 0.25) is 0 Å². The summed E-state index contributed by atoms with van der Waals surface area (Å²) in [7, 11) is 1.71. The maximum Gasteiger partial charge on any atom is 0.120 e. The van der Waals surface area contributed by atoms with Gasteiger partial charge in [-0.1, -0.05) is 19.9 Å². The molecular weight excluding hydrogens is 288 g/mol. The van der Waals surface area contributed by atoms with Crippen LogP contribution in [0.4, 0.5) is 5.69 Å². The Bertz CT molecular complexity index is 510. The summed E-state index contributed by atoms with van der Waals surface area (Å²) in [5.74, 6) is 1.64. The molecule has 2 fully saturated rings. The molecule has 2 heterocycles. The van der Waals surface area contributed by atoms with Gasteiger partial charge in [0.2, 0.25) is 0 Å². The summed E-state index contributed by atoms with van der Waals surface area (Å²) in [5.41, 5.74) is 1.22. The molecule has 23 heavy (non-hydrogen) atoms. The third kappa shape index (κ3) is 4.18. The number of rotatable bonds is 5. The van der Waals surface area contributed by atoms with E-state index in [0.717, 1.165) is 43.2 Å². The lowest BCUT2D eigenvalue weighted by molar-refractivity contribution is -0.0449. The third-order valence-corrected chi connectivity index (χ3v) is 5.04. The van der Waals surface area contributed by atoms with Gasteiger partial charge in [0, 0.05) is 31.4 Å². The molecule has 4 nitrogen and oxygen atoms in total. The van der Waals surface area contributed by atoms with Crippen LogP contribution in [-0.4, -0.2) is 49.9 Å². The Balaban J connectivity index is 1.52. The van der Waals surface area contributed by atoms with E-state index in [2.05, 4.69) is 36.2 Å².